The standard InChI is InChI=1S/C16H18BrNOS/c1-2-20-16-8-4-7-15(14(16)10-18)19-11-12-5-3-6-13(17)9-12/h3-9H,2,10-11,18H2,1H3. The first kappa shape index (κ1) is 15.4. The van der Waals surface area contributed by atoms with Crippen molar-refractivity contribution in [3.63, 3.8) is 0 Å². The number of thioether (sulfide) groups is 1. The van der Waals surface area contributed by atoms with Crippen molar-refractivity contribution in [2.24, 2.45) is 5.73 Å². The summed E-state index contributed by atoms with van der Waals surface area (Å²) < 4.78 is 7.00. The van der Waals surface area contributed by atoms with Crippen LogP contribution >= 0.6 is 27.7 Å². The first-order valence-electron chi connectivity index (χ1n) is 6.56. The van der Waals surface area contributed by atoms with Gasteiger partial charge in [0.2, 0.25) is 0 Å². The monoisotopic (exact) mass is 351 g/mol. The number of nitrogens with two attached hydrogens (primary N) is 1. The van der Waals surface area contributed by atoms with Gasteiger partial charge in [-0.1, -0.05) is 41.1 Å². The summed E-state index contributed by atoms with van der Waals surface area (Å²) >= 11 is 5.27. The molecule has 0 aromatic heterocycles. The molecule has 106 valence electrons. The topological polar surface area (TPSA) is 35.2 Å². The zero-order chi connectivity index (χ0) is 14.4. The van der Waals surface area contributed by atoms with Crippen LogP contribution in [-0.4, -0.2) is 5.75 Å². The number of halogens is 1. The van der Waals surface area contributed by atoms with E-state index in [2.05, 4.69) is 41.1 Å². The Morgan fingerprint density at radius 1 is 1.20 bits per heavy atom. The number of hydrogen-bond donors (Lipinski definition) is 1. The SMILES string of the molecule is CCSc1cccc(OCc2cccc(Br)c2)c1CN. The molecule has 2 rings (SSSR count). The van der Waals surface area contributed by atoms with E-state index in [4.69, 9.17) is 10.5 Å². The van der Waals surface area contributed by atoms with Crippen molar-refractivity contribution in [3.8, 4) is 5.75 Å². The van der Waals surface area contributed by atoms with E-state index >= 15 is 0 Å². The predicted octanol–water partition coefficient (Wildman–Crippen LogP) is 4.60. The van der Waals surface area contributed by atoms with Gasteiger partial charge in [-0.25, -0.2) is 0 Å². The van der Waals surface area contributed by atoms with Crippen molar-refractivity contribution in [1.82, 2.24) is 0 Å². The van der Waals surface area contributed by atoms with Gasteiger partial charge in [0.25, 0.3) is 0 Å². The number of rotatable bonds is 6. The van der Waals surface area contributed by atoms with Gasteiger partial charge in [-0.2, -0.15) is 0 Å². The summed E-state index contributed by atoms with van der Waals surface area (Å²) in [5, 5.41) is 0. The first-order chi connectivity index (χ1) is 9.74. The van der Waals surface area contributed by atoms with Gasteiger partial charge in [-0.3, -0.25) is 0 Å². The van der Waals surface area contributed by atoms with Gasteiger partial charge in [0.05, 0.1) is 0 Å². The van der Waals surface area contributed by atoms with E-state index < -0.39 is 0 Å². The smallest absolute Gasteiger partial charge is 0.125 e. The van der Waals surface area contributed by atoms with Gasteiger partial charge in [0.15, 0.2) is 0 Å². The van der Waals surface area contributed by atoms with Gasteiger partial charge < -0.3 is 10.5 Å². The highest BCUT2D eigenvalue weighted by Gasteiger charge is 2.08. The summed E-state index contributed by atoms with van der Waals surface area (Å²) in [6, 6.07) is 14.2. The molecule has 0 aliphatic carbocycles. The van der Waals surface area contributed by atoms with Crippen LogP contribution in [0.1, 0.15) is 18.1 Å². The molecule has 2 nitrogen and oxygen atoms in total. The highest BCUT2D eigenvalue weighted by atomic mass is 79.9. The van der Waals surface area contributed by atoms with Crippen molar-refractivity contribution in [2.75, 3.05) is 5.75 Å². The molecule has 0 radical (unpaired) electrons. The minimum Gasteiger partial charge on any atom is -0.489 e. The van der Waals surface area contributed by atoms with Crippen molar-refractivity contribution >= 4 is 27.7 Å². The summed E-state index contributed by atoms with van der Waals surface area (Å²) in [6.07, 6.45) is 0. The third kappa shape index (κ3) is 4.01. The zero-order valence-corrected chi connectivity index (χ0v) is 13.8. The molecule has 4 heteroatoms. The summed E-state index contributed by atoms with van der Waals surface area (Å²) in [4.78, 5) is 1.21. The lowest BCUT2D eigenvalue weighted by molar-refractivity contribution is 0.302. The summed E-state index contributed by atoms with van der Waals surface area (Å²) in [7, 11) is 0. The Bertz CT molecular complexity index is 574. The van der Waals surface area contributed by atoms with Crippen molar-refractivity contribution in [2.45, 2.75) is 25.0 Å². The van der Waals surface area contributed by atoms with E-state index in [1.54, 1.807) is 11.8 Å². The van der Waals surface area contributed by atoms with Crippen LogP contribution in [0.3, 0.4) is 0 Å². The Balaban J connectivity index is 2.14. The summed E-state index contributed by atoms with van der Waals surface area (Å²) in [5.41, 5.74) is 8.10. The van der Waals surface area contributed by atoms with Crippen LogP contribution in [0, 0.1) is 0 Å². The Morgan fingerprint density at radius 3 is 2.70 bits per heavy atom. The fourth-order valence-corrected chi connectivity index (χ4v) is 3.25. The summed E-state index contributed by atoms with van der Waals surface area (Å²) in [5.74, 6) is 1.91. The average Bonchev–Trinajstić information content (AvgIpc) is 2.45. The maximum Gasteiger partial charge on any atom is 0.125 e. The molecule has 0 saturated heterocycles. The van der Waals surface area contributed by atoms with Crippen LogP contribution in [0.4, 0.5) is 0 Å². The van der Waals surface area contributed by atoms with Gasteiger partial charge in [0, 0.05) is 21.5 Å². The average molecular weight is 352 g/mol. The van der Waals surface area contributed by atoms with Crippen LogP contribution in [0.25, 0.3) is 0 Å². The molecule has 2 N–H and O–H groups in total. The second-order valence-corrected chi connectivity index (χ2v) is 6.51. The minimum absolute atomic E-state index is 0.497. The van der Waals surface area contributed by atoms with Gasteiger partial charge >= 0.3 is 0 Å². The normalized spacial score (nSPS) is 10.6. The lowest BCUT2D eigenvalue weighted by Gasteiger charge is -2.14. The van der Waals surface area contributed by atoms with E-state index in [0.717, 1.165) is 27.1 Å². The van der Waals surface area contributed by atoms with Crippen LogP contribution in [0.15, 0.2) is 51.8 Å². The van der Waals surface area contributed by atoms with Gasteiger partial charge in [-0.05, 0) is 35.6 Å². The molecule has 2 aromatic rings. The van der Waals surface area contributed by atoms with Gasteiger partial charge in [-0.15, -0.1) is 11.8 Å². The van der Waals surface area contributed by atoms with Crippen molar-refractivity contribution in [3.05, 3.63) is 58.1 Å². The minimum atomic E-state index is 0.497. The quantitative estimate of drug-likeness (QED) is 0.772. The molecule has 0 aliphatic heterocycles. The molecule has 0 bridgehead atoms. The Hall–Kier alpha value is -0.970. The lowest BCUT2D eigenvalue weighted by Crippen LogP contribution is -2.04. The number of benzene rings is 2. The number of hydrogen-bond acceptors (Lipinski definition) is 3. The Kier molecular flexibility index (Phi) is 5.95. The van der Waals surface area contributed by atoms with E-state index in [-0.39, 0.29) is 0 Å². The summed E-state index contributed by atoms with van der Waals surface area (Å²) in [6.45, 7) is 3.18. The third-order valence-electron chi connectivity index (χ3n) is 2.88. The molecule has 0 aliphatic rings. The maximum atomic E-state index is 5.94. The maximum absolute atomic E-state index is 5.94. The Morgan fingerprint density at radius 2 is 2.00 bits per heavy atom. The van der Waals surface area contributed by atoms with E-state index in [0.29, 0.717) is 13.2 Å². The molecule has 0 atom stereocenters. The predicted molar refractivity (Wildman–Crippen MR) is 89.2 cm³/mol. The third-order valence-corrected chi connectivity index (χ3v) is 4.35. The van der Waals surface area contributed by atoms with Crippen molar-refractivity contribution in [1.29, 1.82) is 0 Å². The second-order valence-electron chi connectivity index (χ2n) is 4.29. The van der Waals surface area contributed by atoms with Gasteiger partial charge in [0.1, 0.15) is 12.4 Å². The highest BCUT2D eigenvalue weighted by Crippen LogP contribution is 2.30. The largest absolute Gasteiger partial charge is 0.489 e. The molecule has 0 amide bonds. The van der Waals surface area contributed by atoms with Crippen LogP contribution in [0.5, 0.6) is 5.75 Å². The molecule has 20 heavy (non-hydrogen) atoms. The lowest BCUT2D eigenvalue weighted by atomic mass is 10.2. The fourth-order valence-electron chi connectivity index (χ4n) is 1.96. The number of ether oxygens (including phenoxy) is 1. The Labute approximate surface area is 132 Å². The molecule has 0 spiro atoms. The highest BCUT2D eigenvalue weighted by molar-refractivity contribution is 9.10. The molecule has 0 unspecified atom stereocenters. The molecular formula is C16H18BrNOS. The molecule has 0 heterocycles. The molecular weight excluding hydrogens is 334 g/mol. The molecule has 0 saturated carbocycles. The van der Waals surface area contributed by atoms with Crippen LogP contribution in [-0.2, 0) is 13.2 Å². The van der Waals surface area contributed by atoms with Crippen LogP contribution < -0.4 is 10.5 Å². The first-order valence-corrected chi connectivity index (χ1v) is 8.34. The van der Waals surface area contributed by atoms with E-state index in [1.165, 1.54) is 4.90 Å². The van der Waals surface area contributed by atoms with E-state index in [1.807, 2.05) is 24.3 Å². The molecule has 0 fully saturated rings. The molecule has 2 aromatic carbocycles. The van der Waals surface area contributed by atoms with Crippen molar-refractivity contribution < 1.29 is 4.74 Å². The fraction of sp³-hybridized carbons (Fsp3) is 0.250. The zero-order valence-electron chi connectivity index (χ0n) is 11.4. The van der Waals surface area contributed by atoms with E-state index in [9.17, 15) is 0 Å². The van der Waals surface area contributed by atoms with Crippen LogP contribution in [0.2, 0.25) is 0 Å². The second kappa shape index (κ2) is 7.72.